The van der Waals surface area contributed by atoms with Crippen molar-refractivity contribution in [3.63, 3.8) is 0 Å². The van der Waals surface area contributed by atoms with Crippen LogP contribution in [-0.4, -0.2) is 48.1 Å². The van der Waals surface area contributed by atoms with E-state index in [9.17, 15) is 4.79 Å². The van der Waals surface area contributed by atoms with Crippen molar-refractivity contribution in [1.29, 1.82) is 0 Å². The molecule has 4 rings (SSSR count). The maximum absolute atomic E-state index is 13.2. The molecule has 1 aliphatic heterocycles. The largest absolute Gasteiger partial charge is 0.459 e. The lowest BCUT2D eigenvalue weighted by Gasteiger charge is -2.36. The zero-order valence-electron chi connectivity index (χ0n) is 19.1. The zero-order chi connectivity index (χ0) is 22.5. The van der Waals surface area contributed by atoms with Gasteiger partial charge in [0.1, 0.15) is 11.4 Å². The number of piperazine rings is 1. The van der Waals surface area contributed by atoms with Gasteiger partial charge in [-0.05, 0) is 43.5 Å². The van der Waals surface area contributed by atoms with Crippen LogP contribution in [0.3, 0.4) is 0 Å². The summed E-state index contributed by atoms with van der Waals surface area (Å²) < 4.78 is 5.63. The Bertz CT molecular complexity index is 1060. The van der Waals surface area contributed by atoms with Crippen LogP contribution in [0.5, 0.6) is 0 Å². The number of carbonyl (C=O) groups is 1. The van der Waals surface area contributed by atoms with Gasteiger partial charge in [0.2, 0.25) is 0 Å². The van der Waals surface area contributed by atoms with Crippen LogP contribution in [-0.2, 0) is 11.3 Å². The Morgan fingerprint density at radius 1 is 0.969 bits per heavy atom. The molecule has 1 aliphatic rings. The fraction of sp³-hybridized carbons (Fsp3) is 0.333. The molecule has 2 aromatic carbocycles. The molecule has 1 fully saturated rings. The summed E-state index contributed by atoms with van der Waals surface area (Å²) in [7, 11) is 0. The van der Waals surface area contributed by atoms with Gasteiger partial charge in [-0.1, -0.05) is 54.6 Å². The molecular formula is C27H31N3O2. The third-order valence-corrected chi connectivity index (χ3v) is 5.89. The second-order valence-electron chi connectivity index (χ2n) is 8.57. The molecule has 1 saturated heterocycles. The van der Waals surface area contributed by atoms with Crippen molar-refractivity contribution >= 4 is 11.8 Å². The van der Waals surface area contributed by atoms with E-state index in [0.29, 0.717) is 11.4 Å². The number of nitrogens with zero attached hydrogens (tertiary/aromatic N) is 3. The minimum atomic E-state index is -0.315. The molecule has 1 aromatic heterocycles. The standard InChI is InChI=1S/C27H31N3O2/c1-20(2)32-27(31)25-24(22-10-5-4-6-11-22)13-14-28-26(25)30-17-15-29(16-18-30)19-23-12-8-7-9-21(23)3/h4-14,20H,15-19H2,1-3H3. The maximum Gasteiger partial charge on any atom is 0.342 e. The second kappa shape index (κ2) is 9.96. The van der Waals surface area contributed by atoms with Crippen LogP contribution >= 0.6 is 0 Å². The number of esters is 1. The van der Waals surface area contributed by atoms with Gasteiger partial charge in [-0.15, -0.1) is 0 Å². The average Bonchev–Trinajstić information content (AvgIpc) is 2.81. The molecule has 0 unspecified atom stereocenters. The molecule has 0 amide bonds. The van der Waals surface area contributed by atoms with Gasteiger partial charge in [0.25, 0.3) is 0 Å². The van der Waals surface area contributed by atoms with E-state index in [2.05, 4.69) is 46.0 Å². The van der Waals surface area contributed by atoms with Crippen LogP contribution in [0.25, 0.3) is 11.1 Å². The van der Waals surface area contributed by atoms with Gasteiger partial charge in [-0.2, -0.15) is 0 Å². The molecular weight excluding hydrogens is 398 g/mol. The van der Waals surface area contributed by atoms with E-state index in [1.165, 1.54) is 11.1 Å². The van der Waals surface area contributed by atoms with E-state index < -0.39 is 0 Å². The van der Waals surface area contributed by atoms with Gasteiger partial charge in [0.15, 0.2) is 0 Å². The number of rotatable bonds is 6. The first kappa shape index (κ1) is 22.0. The molecule has 0 aliphatic carbocycles. The molecule has 0 radical (unpaired) electrons. The van der Waals surface area contributed by atoms with Crippen LogP contribution in [0.1, 0.15) is 35.3 Å². The highest BCUT2D eigenvalue weighted by Gasteiger charge is 2.27. The summed E-state index contributed by atoms with van der Waals surface area (Å²) in [4.78, 5) is 22.5. The lowest BCUT2D eigenvalue weighted by molar-refractivity contribution is 0.0379. The van der Waals surface area contributed by atoms with Gasteiger partial charge < -0.3 is 9.64 Å². The normalized spacial score (nSPS) is 14.6. The highest BCUT2D eigenvalue weighted by atomic mass is 16.5. The Balaban J connectivity index is 1.58. The quantitative estimate of drug-likeness (QED) is 0.519. The van der Waals surface area contributed by atoms with E-state index in [1.54, 1.807) is 6.20 Å². The average molecular weight is 430 g/mol. The fourth-order valence-corrected chi connectivity index (χ4v) is 4.17. The number of pyridine rings is 1. The van der Waals surface area contributed by atoms with E-state index in [-0.39, 0.29) is 12.1 Å². The highest BCUT2D eigenvalue weighted by molar-refractivity contribution is 6.02. The molecule has 5 nitrogen and oxygen atoms in total. The number of ether oxygens (including phenoxy) is 1. The van der Waals surface area contributed by atoms with Crippen molar-refractivity contribution in [2.24, 2.45) is 0 Å². The van der Waals surface area contributed by atoms with Crippen molar-refractivity contribution < 1.29 is 9.53 Å². The number of benzene rings is 2. The molecule has 166 valence electrons. The lowest BCUT2D eigenvalue weighted by atomic mass is 10.00. The van der Waals surface area contributed by atoms with E-state index >= 15 is 0 Å². The van der Waals surface area contributed by atoms with Gasteiger partial charge in [0.05, 0.1) is 6.10 Å². The molecule has 32 heavy (non-hydrogen) atoms. The Labute approximate surface area is 190 Å². The Morgan fingerprint density at radius 2 is 1.66 bits per heavy atom. The lowest BCUT2D eigenvalue weighted by Crippen LogP contribution is -2.46. The van der Waals surface area contributed by atoms with Crippen LogP contribution in [0.2, 0.25) is 0 Å². The zero-order valence-corrected chi connectivity index (χ0v) is 19.1. The minimum Gasteiger partial charge on any atom is -0.459 e. The van der Waals surface area contributed by atoms with Gasteiger partial charge in [-0.3, -0.25) is 4.90 Å². The number of anilines is 1. The Kier molecular flexibility index (Phi) is 6.86. The topological polar surface area (TPSA) is 45.7 Å². The monoisotopic (exact) mass is 429 g/mol. The molecule has 2 heterocycles. The van der Waals surface area contributed by atoms with Gasteiger partial charge in [-0.25, -0.2) is 9.78 Å². The van der Waals surface area contributed by atoms with Crippen LogP contribution < -0.4 is 4.90 Å². The van der Waals surface area contributed by atoms with Crippen molar-refractivity contribution in [1.82, 2.24) is 9.88 Å². The first-order chi connectivity index (χ1) is 15.5. The summed E-state index contributed by atoms with van der Waals surface area (Å²) >= 11 is 0. The summed E-state index contributed by atoms with van der Waals surface area (Å²) in [5.41, 5.74) is 5.10. The molecule has 0 atom stereocenters. The molecule has 0 bridgehead atoms. The SMILES string of the molecule is Cc1ccccc1CN1CCN(c2nccc(-c3ccccc3)c2C(=O)OC(C)C)CC1. The van der Waals surface area contributed by atoms with Crippen LogP contribution in [0, 0.1) is 6.92 Å². The predicted molar refractivity (Wildman–Crippen MR) is 129 cm³/mol. The van der Waals surface area contributed by atoms with Crippen LogP contribution in [0.15, 0.2) is 66.9 Å². The third-order valence-electron chi connectivity index (χ3n) is 5.89. The van der Waals surface area contributed by atoms with Gasteiger partial charge >= 0.3 is 5.97 Å². The first-order valence-electron chi connectivity index (χ1n) is 11.3. The molecule has 5 heteroatoms. The minimum absolute atomic E-state index is 0.190. The molecule has 0 saturated carbocycles. The predicted octanol–water partition coefficient (Wildman–Crippen LogP) is 4.94. The first-order valence-corrected chi connectivity index (χ1v) is 11.3. The smallest absolute Gasteiger partial charge is 0.342 e. The summed E-state index contributed by atoms with van der Waals surface area (Å²) in [6.45, 7) is 10.3. The van der Waals surface area contributed by atoms with E-state index in [1.807, 2.05) is 50.2 Å². The maximum atomic E-state index is 13.2. The molecule has 0 spiro atoms. The van der Waals surface area contributed by atoms with Crippen molar-refractivity contribution in [2.75, 3.05) is 31.1 Å². The summed E-state index contributed by atoms with van der Waals surface area (Å²) in [6, 6.07) is 20.4. The van der Waals surface area contributed by atoms with E-state index in [0.717, 1.165) is 43.9 Å². The number of carbonyl (C=O) groups excluding carboxylic acids is 1. The summed E-state index contributed by atoms with van der Waals surface area (Å²) in [5, 5.41) is 0. The van der Waals surface area contributed by atoms with Crippen molar-refractivity contribution in [3.05, 3.63) is 83.6 Å². The Morgan fingerprint density at radius 3 is 2.34 bits per heavy atom. The number of hydrogen-bond donors (Lipinski definition) is 0. The highest BCUT2D eigenvalue weighted by Crippen LogP contribution is 2.31. The van der Waals surface area contributed by atoms with Crippen LogP contribution in [0.4, 0.5) is 5.82 Å². The van der Waals surface area contributed by atoms with Crippen molar-refractivity contribution in [2.45, 2.75) is 33.4 Å². The third kappa shape index (κ3) is 5.00. The van der Waals surface area contributed by atoms with Gasteiger partial charge in [0, 0.05) is 44.5 Å². The Hall–Kier alpha value is -3.18. The second-order valence-corrected chi connectivity index (χ2v) is 8.57. The summed E-state index contributed by atoms with van der Waals surface area (Å²) in [6.07, 6.45) is 1.61. The number of aromatic nitrogens is 1. The number of aryl methyl sites for hydroxylation is 1. The fourth-order valence-electron chi connectivity index (χ4n) is 4.17. The van der Waals surface area contributed by atoms with E-state index in [4.69, 9.17) is 4.74 Å². The summed E-state index contributed by atoms with van der Waals surface area (Å²) in [5.74, 6) is 0.400. The molecule has 3 aromatic rings. The molecule has 0 N–H and O–H groups in total. The number of hydrogen-bond acceptors (Lipinski definition) is 5. The van der Waals surface area contributed by atoms with Crippen molar-refractivity contribution in [3.8, 4) is 11.1 Å².